The van der Waals surface area contributed by atoms with Crippen molar-refractivity contribution in [2.45, 2.75) is 33.2 Å². The summed E-state index contributed by atoms with van der Waals surface area (Å²) >= 11 is 0. The third-order valence-corrected chi connectivity index (χ3v) is 2.86. The van der Waals surface area contributed by atoms with Crippen LogP contribution in [0.2, 0.25) is 0 Å². The average Bonchev–Trinajstić information content (AvgIpc) is 2.44. The van der Waals surface area contributed by atoms with E-state index in [4.69, 9.17) is 4.74 Å². The van der Waals surface area contributed by atoms with Crippen LogP contribution in [0.15, 0.2) is 24.3 Å². The summed E-state index contributed by atoms with van der Waals surface area (Å²) < 4.78 is 5.43. The van der Waals surface area contributed by atoms with E-state index in [1.54, 1.807) is 0 Å². The Kier molecular flexibility index (Phi) is 9.86. The predicted octanol–water partition coefficient (Wildman–Crippen LogP) is 2.16. The highest BCUT2D eigenvalue weighted by atomic mass is 35.5. The highest BCUT2D eigenvalue weighted by molar-refractivity contribution is 5.85. The molecule has 0 aliphatic carbocycles. The molecule has 0 spiro atoms. The molecule has 0 saturated heterocycles. The van der Waals surface area contributed by atoms with E-state index >= 15 is 0 Å². The number of likely N-dealkylation sites (N-methyl/N-ethyl adjacent to an activating group) is 1. The Balaban J connectivity index is 0.00000361. The molecule has 0 bridgehead atoms. The molecule has 1 aromatic rings. The van der Waals surface area contributed by atoms with Crippen LogP contribution in [0.3, 0.4) is 0 Å². The molecule has 20 heavy (non-hydrogen) atoms. The molecule has 0 aliphatic heterocycles. The molecule has 1 aromatic carbocycles. The van der Waals surface area contributed by atoms with Crippen molar-refractivity contribution < 1.29 is 9.53 Å². The molecule has 5 heteroatoms. The molecule has 0 saturated carbocycles. The first-order valence-electron chi connectivity index (χ1n) is 6.87. The van der Waals surface area contributed by atoms with Gasteiger partial charge in [-0.15, -0.1) is 12.4 Å². The summed E-state index contributed by atoms with van der Waals surface area (Å²) in [4.78, 5) is 11.6. The largest absolute Gasteiger partial charge is 0.484 e. The third-order valence-electron chi connectivity index (χ3n) is 2.86. The van der Waals surface area contributed by atoms with E-state index in [0.717, 1.165) is 18.7 Å². The van der Waals surface area contributed by atoms with Gasteiger partial charge in [-0.25, -0.2) is 0 Å². The molecule has 0 aromatic heterocycles. The molecular formula is C15H25ClN2O2. The van der Waals surface area contributed by atoms with Crippen LogP contribution in [0.1, 0.15) is 26.3 Å². The fraction of sp³-hybridized carbons (Fsp3) is 0.533. The number of rotatable bonds is 8. The second-order valence-electron chi connectivity index (χ2n) is 4.55. The molecule has 4 nitrogen and oxygen atoms in total. The summed E-state index contributed by atoms with van der Waals surface area (Å²) in [5.41, 5.74) is 1.26. The van der Waals surface area contributed by atoms with E-state index < -0.39 is 0 Å². The number of nitrogens with one attached hydrogen (secondary N) is 2. The number of carbonyl (C=O) groups is 1. The van der Waals surface area contributed by atoms with Crippen molar-refractivity contribution in [1.82, 2.24) is 10.6 Å². The number of benzene rings is 1. The lowest BCUT2D eigenvalue weighted by Gasteiger charge is -2.13. The van der Waals surface area contributed by atoms with E-state index in [-0.39, 0.29) is 31.0 Å². The average molecular weight is 301 g/mol. The van der Waals surface area contributed by atoms with E-state index in [9.17, 15) is 4.79 Å². The van der Waals surface area contributed by atoms with Gasteiger partial charge in [-0.05, 0) is 37.6 Å². The van der Waals surface area contributed by atoms with Gasteiger partial charge in [-0.3, -0.25) is 4.79 Å². The van der Waals surface area contributed by atoms with Gasteiger partial charge in [-0.2, -0.15) is 0 Å². The highest BCUT2D eigenvalue weighted by Gasteiger charge is 2.05. The van der Waals surface area contributed by atoms with E-state index in [1.807, 2.05) is 38.1 Å². The zero-order valence-electron chi connectivity index (χ0n) is 12.4. The van der Waals surface area contributed by atoms with Crippen LogP contribution in [-0.2, 0) is 11.2 Å². The molecule has 0 heterocycles. The number of carbonyl (C=O) groups excluding carboxylic acids is 1. The van der Waals surface area contributed by atoms with Gasteiger partial charge in [0.2, 0.25) is 0 Å². The number of ether oxygens (including phenoxy) is 1. The lowest BCUT2D eigenvalue weighted by Crippen LogP contribution is -2.40. The Labute approximate surface area is 127 Å². The fourth-order valence-corrected chi connectivity index (χ4v) is 1.71. The van der Waals surface area contributed by atoms with Gasteiger partial charge in [-0.1, -0.05) is 26.0 Å². The van der Waals surface area contributed by atoms with E-state index in [1.165, 1.54) is 5.56 Å². The molecule has 0 aliphatic rings. The molecule has 0 fully saturated rings. The first kappa shape index (κ1) is 18.7. The van der Waals surface area contributed by atoms with Gasteiger partial charge in [0.25, 0.3) is 5.91 Å². The number of halogens is 1. The number of hydrogen-bond donors (Lipinski definition) is 2. The van der Waals surface area contributed by atoms with Crippen LogP contribution in [0.4, 0.5) is 0 Å². The summed E-state index contributed by atoms with van der Waals surface area (Å²) in [6, 6.07) is 8.10. The third kappa shape index (κ3) is 7.36. The van der Waals surface area contributed by atoms with Gasteiger partial charge in [0.05, 0.1) is 0 Å². The highest BCUT2D eigenvalue weighted by Crippen LogP contribution is 2.12. The summed E-state index contributed by atoms with van der Waals surface area (Å²) in [6.45, 7) is 7.76. The minimum Gasteiger partial charge on any atom is -0.484 e. The van der Waals surface area contributed by atoms with Gasteiger partial charge in [0.15, 0.2) is 6.61 Å². The summed E-state index contributed by atoms with van der Waals surface area (Å²) in [7, 11) is 0. The molecule has 0 unspecified atom stereocenters. The van der Waals surface area contributed by atoms with Crippen LogP contribution >= 0.6 is 12.4 Å². The van der Waals surface area contributed by atoms with Crippen molar-refractivity contribution in [1.29, 1.82) is 0 Å². The summed E-state index contributed by atoms with van der Waals surface area (Å²) in [5.74, 6) is 0.636. The Hall–Kier alpha value is -1.26. The van der Waals surface area contributed by atoms with Gasteiger partial charge in [0.1, 0.15) is 5.75 Å². The normalized spacial score (nSPS) is 11.3. The van der Waals surface area contributed by atoms with Crippen molar-refractivity contribution in [3.8, 4) is 5.75 Å². The standard InChI is InChI=1S/C15H24N2O2.ClH/c1-4-13-6-8-14(9-7-13)19-11-15(18)17-10-12(3)16-5-2;/h6-9,12,16H,4-5,10-11H2,1-3H3,(H,17,18);1H/t12-;/m1./s1. The molecule has 2 N–H and O–H groups in total. The van der Waals surface area contributed by atoms with Crippen LogP contribution in [-0.4, -0.2) is 31.6 Å². The quantitative estimate of drug-likeness (QED) is 0.773. The van der Waals surface area contributed by atoms with Crippen LogP contribution in [0.25, 0.3) is 0 Å². The Morgan fingerprint density at radius 1 is 1.25 bits per heavy atom. The van der Waals surface area contributed by atoms with Crippen molar-refractivity contribution >= 4 is 18.3 Å². The monoisotopic (exact) mass is 300 g/mol. The van der Waals surface area contributed by atoms with Crippen LogP contribution in [0.5, 0.6) is 5.75 Å². The molecular weight excluding hydrogens is 276 g/mol. The lowest BCUT2D eigenvalue weighted by molar-refractivity contribution is -0.123. The second kappa shape index (κ2) is 10.5. The van der Waals surface area contributed by atoms with E-state index in [2.05, 4.69) is 17.6 Å². The van der Waals surface area contributed by atoms with Crippen molar-refractivity contribution in [2.75, 3.05) is 19.7 Å². The Bertz CT molecular complexity index is 382. The maximum atomic E-state index is 11.6. The lowest BCUT2D eigenvalue weighted by atomic mass is 10.2. The summed E-state index contributed by atoms with van der Waals surface area (Å²) in [6.07, 6.45) is 1.00. The molecule has 0 radical (unpaired) electrons. The zero-order valence-corrected chi connectivity index (χ0v) is 13.3. The minimum atomic E-state index is -0.0932. The van der Waals surface area contributed by atoms with Crippen LogP contribution < -0.4 is 15.4 Å². The van der Waals surface area contributed by atoms with Gasteiger partial charge >= 0.3 is 0 Å². The predicted molar refractivity (Wildman–Crippen MR) is 84.7 cm³/mol. The SMILES string of the molecule is CCN[C@H](C)CNC(=O)COc1ccc(CC)cc1.Cl. The first-order valence-corrected chi connectivity index (χ1v) is 6.87. The molecule has 114 valence electrons. The van der Waals surface area contributed by atoms with Crippen molar-refractivity contribution in [3.05, 3.63) is 29.8 Å². The van der Waals surface area contributed by atoms with Gasteiger partial charge < -0.3 is 15.4 Å². The minimum absolute atomic E-state index is 0. The first-order chi connectivity index (χ1) is 9.15. The maximum Gasteiger partial charge on any atom is 0.257 e. The topological polar surface area (TPSA) is 50.4 Å². The van der Waals surface area contributed by atoms with Gasteiger partial charge in [0, 0.05) is 12.6 Å². The zero-order chi connectivity index (χ0) is 14.1. The second-order valence-corrected chi connectivity index (χ2v) is 4.55. The fourth-order valence-electron chi connectivity index (χ4n) is 1.71. The van der Waals surface area contributed by atoms with Crippen molar-refractivity contribution in [3.63, 3.8) is 0 Å². The summed E-state index contributed by atoms with van der Waals surface area (Å²) in [5, 5.41) is 6.07. The van der Waals surface area contributed by atoms with Crippen LogP contribution in [0, 0.1) is 0 Å². The number of amides is 1. The smallest absolute Gasteiger partial charge is 0.257 e. The maximum absolute atomic E-state index is 11.6. The Morgan fingerprint density at radius 3 is 2.45 bits per heavy atom. The van der Waals surface area contributed by atoms with E-state index in [0.29, 0.717) is 6.54 Å². The van der Waals surface area contributed by atoms with Crippen molar-refractivity contribution in [2.24, 2.45) is 0 Å². The molecule has 1 rings (SSSR count). The molecule has 1 amide bonds. The Morgan fingerprint density at radius 2 is 1.90 bits per heavy atom. The molecule has 1 atom stereocenters. The number of aryl methyl sites for hydroxylation is 1. The number of hydrogen-bond acceptors (Lipinski definition) is 3.